The number of hydrogen-bond acceptors (Lipinski definition) is 3. The SMILES string of the molecule is CC[N@@+]1([C@@H]2CCCCN2C)C=C(C(=O)[O-])c2ccccc21. The van der Waals surface area contributed by atoms with Gasteiger partial charge in [-0.2, -0.15) is 0 Å². The van der Waals surface area contributed by atoms with Gasteiger partial charge in [-0.25, -0.2) is 4.48 Å². The molecule has 112 valence electrons. The van der Waals surface area contributed by atoms with E-state index < -0.39 is 5.97 Å². The summed E-state index contributed by atoms with van der Waals surface area (Å²) in [6.07, 6.45) is 5.73. The molecule has 0 aromatic heterocycles. The number of quaternary nitrogens is 1. The number of para-hydroxylation sites is 1. The predicted molar refractivity (Wildman–Crippen MR) is 82.0 cm³/mol. The van der Waals surface area contributed by atoms with Crippen LogP contribution in [-0.4, -0.2) is 37.2 Å². The van der Waals surface area contributed by atoms with Crippen LogP contribution in [-0.2, 0) is 4.79 Å². The van der Waals surface area contributed by atoms with Crippen LogP contribution in [0.2, 0.25) is 0 Å². The molecule has 3 rings (SSSR count). The molecule has 4 heteroatoms. The smallest absolute Gasteiger partial charge is 0.154 e. The molecule has 0 spiro atoms. The number of fused-ring (bicyclic) bond motifs is 1. The Balaban J connectivity index is 2.15. The molecular weight excluding hydrogens is 264 g/mol. The Morgan fingerprint density at radius 1 is 1.38 bits per heavy atom. The van der Waals surface area contributed by atoms with Crippen molar-refractivity contribution in [3.8, 4) is 0 Å². The molecule has 1 aromatic rings. The lowest BCUT2D eigenvalue weighted by atomic mass is 10.0. The summed E-state index contributed by atoms with van der Waals surface area (Å²) in [5.74, 6) is -1.07. The molecule has 0 aliphatic carbocycles. The van der Waals surface area contributed by atoms with Crippen molar-refractivity contribution in [2.75, 3.05) is 20.1 Å². The van der Waals surface area contributed by atoms with E-state index in [4.69, 9.17) is 0 Å². The minimum Gasteiger partial charge on any atom is -0.545 e. The first-order valence-corrected chi connectivity index (χ1v) is 7.72. The maximum absolute atomic E-state index is 11.5. The van der Waals surface area contributed by atoms with Crippen LogP contribution in [0.25, 0.3) is 5.57 Å². The van der Waals surface area contributed by atoms with Gasteiger partial charge in [-0.1, -0.05) is 12.1 Å². The molecule has 2 aliphatic rings. The molecule has 0 saturated carbocycles. The molecule has 1 fully saturated rings. The van der Waals surface area contributed by atoms with Gasteiger partial charge in [0.05, 0.1) is 23.7 Å². The molecule has 0 bridgehead atoms. The molecule has 0 N–H and O–H groups in total. The van der Waals surface area contributed by atoms with E-state index in [1.165, 1.54) is 12.8 Å². The molecule has 1 aromatic carbocycles. The van der Waals surface area contributed by atoms with Gasteiger partial charge in [0, 0.05) is 19.0 Å². The van der Waals surface area contributed by atoms with Crippen LogP contribution in [0.15, 0.2) is 30.5 Å². The van der Waals surface area contributed by atoms with Crippen LogP contribution in [0, 0.1) is 0 Å². The minimum absolute atomic E-state index is 0.307. The molecule has 21 heavy (non-hydrogen) atoms. The standard InChI is InChI=1S/C17H22N2O2/c1-3-19(16-10-6-7-11-18(16)2)12-14(17(20)21)13-8-4-5-9-15(13)19/h4-5,8-9,12,16H,3,6-7,10-11H2,1-2H3/t16-,19-/m1/s1. The fourth-order valence-electron chi connectivity index (χ4n) is 3.96. The van der Waals surface area contributed by atoms with Crippen LogP contribution in [0.3, 0.4) is 0 Å². The number of nitrogens with zero attached hydrogens (tertiary/aromatic N) is 2. The first-order valence-electron chi connectivity index (χ1n) is 7.72. The Kier molecular flexibility index (Phi) is 3.59. The molecule has 0 unspecified atom stereocenters. The maximum atomic E-state index is 11.5. The Hall–Kier alpha value is -1.65. The molecule has 0 amide bonds. The first-order chi connectivity index (χ1) is 10.1. The fraction of sp³-hybridized carbons (Fsp3) is 0.471. The molecule has 0 radical (unpaired) electrons. The number of carboxylic acid groups (broad SMARTS) is 1. The van der Waals surface area contributed by atoms with E-state index in [-0.39, 0.29) is 0 Å². The van der Waals surface area contributed by atoms with Gasteiger partial charge in [0.25, 0.3) is 0 Å². The molecule has 4 nitrogen and oxygen atoms in total. The number of carbonyl (C=O) groups is 1. The summed E-state index contributed by atoms with van der Waals surface area (Å²) in [7, 11) is 2.15. The highest BCUT2D eigenvalue weighted by Gasteiger charge is 2.46. The van der Waals surface area contributed by atoms with Crippen LogP contribution >= 0.6 is 0 Å². The summed E-state index contributed by atoms with van der Waals surface area (Å²) in [6.45, 7) is 4.05. The lowest BCUT2D eigenvalue weighted by molar-refractivity contribution is -0.295. The second-order valence-electron chi connectivity index (χ2n) is 6.05. The van der Waals surface area contributed by atoms with Gasteiger partial charge >= 0.3 is 0 Å². The van der Waals surface area contributed by atoms with Gasteiger partial charge in [-0.3, -0.25) is 4.90 Å². The normalized spacial score (nSPS) is 29.0. The number of likely N-dealkylation sites (tertiary alicyclic amines) is 1. The number of aliphatic carboxylic acids is 1. The third-order valence-electron chi connectivity index (χ3n) is 5.01. The zero-order chi connectivity index (χ0) is 15.0. The summed E-state index contributed by atoms with van der Waals surface area (Å²) in [5, 5.41) is 11.5. The zero-order valence-corrected chi connectivity index (χ0v) is 12.7. The van der Waals surface area contributed by atoms with Gasteiger partial charge in [0.15, 0.2) is 6.17 Å². The molecule has 2 heterocycles. The Bertz CT molecular complexity index is 596. The van der Waals surface area contributed by atoms with Crippen LogP contribution in [0.5, 0.6) is 0 Å². The number of rotatable bonds is 3. The number of benzene rings is 1. The van der Waals surface area contributed by atoms with E-state index in [2.05, 4.69) is 24.9 Å². The van der Waals surface area contributed by atoms with Crippen LogP contribution < -0.4 is 9.59 Å². The number of carbonyl (C=O) groups excluding carboxylic acids is 1. The highest BCUT2D eigenvalue weighted by atomic mass is 16.4. The van der Waals surface area contributed by atoms with Gasteiger partial charge in [0.2, 0.25) is 0 Å². The minimum atomic E-state index is -1.07. The van der Waals surface area contributed by atoms with Crippen molar-refractivity contribution in [2.24, 2.45) is 0 Å². The van der Waals surface area contributed by atoms with E-state index in [9.17, 15) is 9.90 Å². The van der Waals surface area contributed by atoms with E-state index >= 15 is 0 Å². The fourth-order valence-corrected chi connectivity index (χ4v) is 3.96. The maximum Gasteiger partial charge on any atom is 0.154 e. The van der Waals surface area contributed by atoms with Crippen molar-refractivity contribution in [1.29, 1.82) is 0 Å². The van der Waals surface area contributed by atoms with E-state index in [0.29, 0.717) is 16.2 Å². The second-order valence-corrected chi connectivity index (χ2v) is 6.05. The molecular formula is C17H22N2O2. The van der Waals surface area contributed by atoms with Gasteiger partial charge in [-0.05, 0) is 32.9 Å². The largest absolute Gasteiger partial charge is 0.545 e. The Morgan fingerprint density at radius 3 is 2.81 bits per heavy atom. The van der Waals surface area contributed by atoms with Crippen LogP contribution in [0.4, 0.5) is 5.69 Å². The third kappa shape index (κ3) is 2.10. The van der Waals surface area contributed by atoms with Gasteiger partial charge in [0.1, 0.15) is 11.9 Å². The Morgan fingerprint density at radius 2 is 2.14 bits per heavy atom. The highest BCUT2D eigenvalue weighted by molar-refractivity contribution is 6.18. The second kappa shape index (κ2) is 5.28. The summed E-state index contributed by atoms with van der Waals surface area (Å²) in [4.78, 5) is 13.9. The lowest BCUT2D eigenvalue weighted by Crippen LogP contribution is -2.60. The average molecular weight is 286 g/mol. The third-order valence-corrected chi connectivity index (χ3v) is 5.01. The van der Waals surface area contributed by atoms with Crippen molar-refractivity contribution in [2.45, 2.75) is 32.4 Å². The average Bonchev–Trinajstić information content (AvgIpc) is 2.84. The summed E-state index contributed by atoms with van der Waals surface area (Å²) in [5.41, 5.74) is 2.25. The van der Waals surface area contributed by atoms with Crippen molar-refractivity contribution in [3.63, 3.8) is 0 Å². The van der Waals surface area contributed by atoms with E-state index in [0.717, 1.165) is 30.8 Å². The predicted octanol–water partition coefficient (Wildman–Crippen LogP) is 1.56. The first kappa shape index (κ1) is 14.3. The molecule has 1 saturated heterocycles. The van der Waals surface area contributed by atoms with Crippen molar-refractivity contribution in [1.82, 2.24) is 9.38 Å². The van der Waals surface area contributed by atoms with E-state index in [1.54, 1.807) is 0 Å². The number of piperidine rings is 1. The summed E-state index contributed by atoms with van der Waals surface area (Å²) in [6, 6.07) is 7.86. The van der Waals surface area contributed by atoms with Crippen molar-refractivity contribution in [3.05, 3.63) is 36.0 Å². The van der Waals surface area contributed by atoms with Gasteiger partial charge < -0.3 is 9.90 Å². The quantitative estimate of drug-likeness (QED) is 0.792. The van der Waals surface area contributed by atoms with Gasteiger partial charge in [-0.15, -0.1) is 0 Å². The molecule has 2 atom stereocenters. The lowest BCUT2D eigenvalue weighted by Gasteiger charge is -2.45. The highest BCUT2D eigenvalue weighted by Crippen LogP contribution is 2.44. The Labute approximate surface area is 125 Å². The van der Waals surface area contributed by atoms with Crippen molar-refractivity contribution >= 4 is 17.2 Å². The monoisotopic (exact) mass is 286 g/mol. The number of carboxylic acids is 1. The summed E-state index contributed by atoms with van der Waals surface area (Å²) < 4.78 is 0.607. The topological polar surface area (TPSA) is 43.4 Å². The van der Waals surface area contributed by atoms with Crippen molar-refractivity contribution < 1.29 is 9.90 Å². The molecule has 2 aliphatic heterocycles. The summed E-state index contributed by atoms with van der Waals surface area (Å²) >= 11 is 0. The zero-order valence-electron chi connectivity index (χ0n) is 12.7. The number of hydrogen-bond donors (Lipinski definition) is 0. The van der Waals surface area contributed by atoms with E-state index in [1.807, 2.05) is 24.4 Å². The van der Waals surface area contributed by atoms with Crippen LogP contribution in [0.1, 0.15) is 31.7 Å².